The number of aliphatic hydroxyl groups excluding tert-OH is 4. The Hall–Kier alpha value is 0.183. The molecule has 0 aromatic rings. The van der Waals surface area contributed by atoms with Crippen LogP contribution in [-0.4, -0.2) is 200 Å². The van der Waals surface area contributed by atoms with Crippen LogP contribution in [0.3, 0.4) is 0 Å². The molecule has 2 unspecified atom stereocenters. The number of carbonyl (C=O) groups is 3. The van der Waals surface area contributed by atoms with Crippen molar-refractivity contribution >= 4 is 58.0 Å². The number of carbonyl (C=O) groups excluding carboxylic acids is 3. The molecule has 0 aromatic heterocycles. The molecule has 0 aromatic carbocycles. The molecule has 8 N–H and O–H groups in total. The zero-order valence-corrected chi connectivity index (χ0v) is 83.1. The monoisotopic (exact) mass is 1840 g/mol. The quantitative estimate of drug-likeness (QED) is 0.0155. The molecule has 0 radical (unpaired) electrons. The van der Waals surface area contributed by atoms with Gasteiger partial charge in [-0.3, -0.25) is 20.7 Å². The van der Waals surface area contributed by atoms with Crippen molar-refractivity contribution in [2.75, 3.05) is 3.89 Å². The Bertz CT molecular complexity index is 3080. The Kier molecular flexibility index (Phi) is 42.3. The topological polar surface area (TPSA) is 332 Å². The summed E-state index contributed by atoms with van der Waals surface area (Å²) in [5.74, 6) is -9.53. The molecule has 1 aliphatic carbocycles. The summed E-state index contributed by atoms with van der Waals surface area (Å²) in [7, 11) is 0. The van der Waals surface area contributed by atoms with Crippen molar-refractivity contribution in [1.29, 1.82) is 0 Å². The number of carboxylic acid groups (broad SMARTS) is 1. The van der Waals surface area contributed by atoms with E-state index < -0.39 is 124 Å². The van der Waals surface area contributed by atoms with Gasteiger partial charge in [-0.15, -0.1) is 17.5 Å². The predicted octanol–water partition coefficient (Wildman–Crippen LogP) is 12.6. The average Bonchev–Trinajstić information content (AvgIpc) is 1.52. The smallest absolute Gasteiger partial charge is 0.870 e. The summed E-state index contributed by atoms with van der Waals surface area (Å²) in [5, 5.41) is 78.7. The minimum absolute atomic E-state index is 0. The van der Waals surface area contributed by atoms with Crippen LogP contribution in [0.25, 0.3) is 0 Å². The van der Waals surface area contributed by atoms with E-state index in [1.165, 1.54) is 0 Å². The number of hydrogen-bond acceptors (Lipinski definition) is 21. The number of alkyl halides is 2. The summed E-state index contributed by atoms with van der Waals surface area (Å²) >= 11 is 7.04. The zero-order chi connectivity index (χ0) is 84.8. The standard InChI is InChI=1S/C43H72O11.C42H69O10.2C2H5.CH2ClI.Na.H2O.Zn/c1-11-28(39(47)48)32-15-14-22(4)36(51-32)26(8)34(44)25(7)35(45)29(12-2)37-23(5)20-24(6)43(52-37)31-21-30(31)38(46)42(54-43)19-18-40(10,53-42)33-16-17-41(49,13-3)27(9)50-33;1-11-30(23-43)32-15-14-24(4)37(49-32)28(8)35(45)27(7)36(46)31(12-2)38-25(5)22-26(6)41(50-38)19-16-33(44)42(52-41)21-20-39(10,51-42)34-17-18-40(47,13-3)29(9)48-34;2*1-2;2-1-3;;;/h22-34,36-38,44,46,49H,11-21H2,1-10H3,(H,47,48);16,19,24-35,37-38,44-45,47H,11-15,17-18,20-22H2,1-10H3;2*1H2,2H3;1H2;;1H2;/q;3*-1;;+1;;+2/p-1/t22-,23-,24+,25-,26-,27-,28+,29-,30?,31?,32+,33+,34+,36+,37-,38+,40-,41+,42-,43+;24-,25-,26+,27-,28-,29-,30-,31-,32+,33+,34+,35+,37+,38-,39-,40+,41-,42-;;;;;;/m00....../s1. The second-order valence-electron chi connectivity index (χ2n) is 36.9. The Morgan fingerprint density at radius 3 is 1.41 bits per heavy atom. The van der Waals surface area contributed by atoms with Crippen LogP contribution in [0, 0.1) is 109 Å². The Balaban J connectivity index is 0.000000443. The van der Waals surface area contributed by atoms with Crippen LogP contribution in [0.5, 0.6) is 0 Å². The third kappa shape index (κ3) is 22.3. The molecule has 4 spiro atoms. The van der Waals surface area contributed by atoms with Gasteiger partial charge in [-0.2, -0.15) is 13.8 Å². The number of fused-ring (bicyclic) bond motifs is 2. The maximum atomic E-state index is 14.5. The van der Waals surface area contributed by atoms with E-state index in [2.05, 4.69) is 84.3 Å². The SMILES string of the molecule is CC[C@@H](C(=O)[C@@H](C)[C@@H](O)[C@H](C)[C@@H]1O[C@@H]([C@@H](CC)C(=O)O)CC[C@@H]1C)[C@H]1O[C@@]2(O[C@@]3(CC[C@@](C)([C@H]4CC[C@](O)(CC)[C@H](C)O4)O3)[C@H](O)C3CC32)[C@H](C)C[C@@H]1C.CC[C@@H]([C-]=O)[C@H]1CC[C@H](C)[C@H]([C@@H](C)[C@H](O)[C@H](C)C(=O)[C@H](CC)[C@H]2O[C@]3(C=C[C@@H](O)[C@]4(CC[C@@](C)([C@H]5CC[C@](O)(CC)[C@H](C)O5)O4)O3)[C@H](C)C[C@@H]2C)O1.ClCI.[CH2-]C.[CH2-]C.[Na+].[OH-].[Zn+2]. The summed E-state index contributed by atoms with van der Waals surface area (Å²) in [4.78, 5) is 52.5. The molecule has 10 aliphatic heterocycles. The van der Waals surface area contributed by atoms with E-state index in [0.717, 1.165) is 38.5 Å². The average molecular weight is 1840 g/mol. The zero-order valence-electron chi connectivity index (χ0n) is 75.2. The summed E-state index contributed by atoms with van der Waals surface area (Å²) < 4.78 is 68.4. The van der Waals surface area contributed by atoms with Gasteiger partial charge in [0.2, 0.25) is 5.79 Å². The molecule has 10 fully saturated rings. The molecular weight excluding hydrogens is 1680 g/mol. The van der Waals surface area contributed by atoms with E-state index in [0.29, 0.717) is 100 Å². The number of aliphatic carboxylic acids is 1. The first-order valence-electron chi connectivity index (χ1n) is 44.0. The minimum atomic E-state index is -1.36. The molecule has 116 heavy (non-hydrogen) atoms. The third-order valence-corrected chi connectivity index (χ3v) is 30.0. The largest absolute Gasteiger partial charge is 2.00 e. The second kappa shape index (κ2) is 45.2. The van der Waals surface area contributed by atoms with Crippen molar-refractivity contribution in [2.45, 2.75) is 418 Å². The van der Waals surface area contributed by atoms with Gasteiger partial charge in [0.05, 0.1) is 99.4 Å². The van der Waals surface area contributed by atoms with Crippen molar-refractivity contribution in [1.82, 2.24) is 0 Å². The van der Waals surface area contributed by atoms with Crippen molar-refractivity contribution < 1.29 is 157 Å². The van der Waals surface area contributed by atoms with E-state index in [-0.39, 0.29) is 174 Å². The molecule has 9 saturated heterocycles. The maximum Gasteiger partial charge on any atom is 2.00 e. The van der Waals surface area contributed by atoms with Crippen molar-refractivity contribution in [2.24, 2.45) is 94.7 Å². The van der Waals surface area contributed by atoms with Crippen LogP contribution in [0.4, 0.5) is 0 Å². The molecule has 664 valence electrons. The van der Waals surface area contributed by atoms with Gasteiger partial charge in [0.15, 0.2) is 17.4 Å². The number of ketones is 2. The van der Waals surface area contributed by atoms with Crippen LogP contribution in [0.15, 0.2) is 12.2 Å². The number of rotatable bonds is 24. The first kappa shape index (κ1) is 109. The van der Waals surface area contributed by atoms with Gasteiger partial charge in [-0.1, -0.05) is 140 Å². The molecule has 22 nitrogen and oxygen atoms in total. The van der Waals surface area contributed by atoms with E-state index in [4.69, 9.17) is 59.0 Å². The Labute approximate surface area is 751 Å². The third-order valence-electron chi connectivity index (χ3n) is 30.0. The molecule has 0 amide bonds. The molecule has 0 bridgehead atoms. The fourth-order valence-corrected chi connectivity index (χ4v) is 22.1. The first-order valence-corrected chi connectivity index (χ1v) is 46.1. The van der Waals surface area contributed by atoms with Crippen LogP contribution in [0.2, 0.25) is 0 Å². The van der Waals surface area contributed by atoms with Gasteiger partial charge in [0.1, 0.15) is 23.8 Å². The molecule has 11 rings (SSSR count). The van der Waals surface area contributed by atoms with Gasteiger partial charge >= 0.3 is 55.0 Å². The molecule has 10 heterocycles. The summed E-state index contributed by atoms with van der Waals surface area (Å²) in [6, 6.07) is 0. The number of carboxylic acids is 1. The maximum absolute atomic E-state index is 14.5. The van der Waals surface area contributed by atoms with Crippen LogP contribution in [-0.2, 0) is 86.0 Å². The minimum Gasteiger partial charge on any atom is -0.870 e. The summed E-state index contributed by atoms with van der Waals surface area (Å²) in [6.45, 7) is 49.8. The van der Waals surface area contributed by atoms with Crippen molar-refractivity contribution in [3.63, 3.8) is 0 Å². The summed E-state index contributed by atoms with van der Waals surface area (Å²) in [6.07, 6.45) is 12.0. The van der Waals surface area contributed by atoms with Crippen molar-refractivity contribution in [3.8, 4) is 0 Å². The Morgan fingerprint density at radius 1 is 0.560 bits per heavy atom. The molecule has 1 saturated carbocycles. The fraction of sp³-hybridized carbons (Fsp3) is 0.911. The normalized spacial score (nSPS) is 44.1. The first-order chi connectivity index (χ1) is 53.2. The second-order valence-corrected chi connectivity index (χ2v) is 38.8. The molecular formula is C90H154ClINaO22Zn-. The van der Waals surface area contributed by atoms with Gasteiger partial charge in [0, 0.05) is 72.2 Å². The summed E-state index contributed by atoms with van der Waals surface area (Å²) in [5.41, 5.74) is -3.19. The van der Waals surface area contributed by atoms with Gasteiger partial charge in [-0.05, 0) is 185 Å². The van der Waals surface area contributed by atoms with Crippen LogP contribution in [0.1, 0.15) is 287 Å². The molecule has 11 aliphatic rings. The van der Waals surface area contributed by atoms with E-state index in [1.54, 1.807) is 26.8 Å². The van der Waals surface area contributed by atoms with E-state index >= 15 is 0 Å². The molecule has 26 heteroatoms. The predicted molar refractivity (Wildman–Crippen MR) is 447 cm³/mol. The Morgan fingerprint density at radius 2 is 0.983 bits per heavy atom. The number of ether oxygens (including phenoxy) is 10. The number of hydrogen-bond donors (Lipinski definition) is 7. The van der Waals surface area contributed by atoms with Crippen molar-refractivity contribution in [3.05, 3.63) is 26.0 Å². The van der Waals surface area contributed by atoms with Gasteiger partial charge < -0.3 is 107 Å². The fourth-order valence-electron chi connectivity index (χ4n) is 22.1. The van der Waals surface area contributed by atoms with E-state index in [1.807, 2.05) is 96.1 Å². The number of aliphatic hydroxyl groups is 6. The number of halogens is 2. The van der Waals surface area contributed by atoms with Gasteiger partial charge in [-0.25, -0.2) is 0 Å². The number of Topliss-reactive ketones (excluding diaryl/α,β-unsaturated/α-hetero) is 2. The molecule has 38 atom stereocenters. The van der Waals surface area contributed by atoms with Gasteiger partial charge in [0.25, 0.3) is 0 Å². The van der Waals surface area contributed by atoms with E-state index in [9.17, 15) is 54.9 Å². The van der Waals surface area contributed by atoms with Crippen LogP contribution >= 0.6 is 34.2 Å². The van der Waals surface area contributed by atoms with Crippen LogP contribution < -0.4 is 29.6 Å².